The van der Waals surface area contributed by atoms with Gasteiger partial charge in [-0.15, -0.1) is 0 Å². The number of benzene rings is 3. The number of thiazole rings is 1. The van der Waals surface area contributed by atoms with Crippen LogP contribution in [0.4, 0.5) is 10.8 Å². The zero-order chi connectivity index (χ0) is 26.9. The lowest BCUT2D eigenvalue weighted by Gasteiger charge is -2.21. The molecule has 0 unspecified atom stereocenters. The van der Waals surface area contributed by atoms with Crippen molar-refractivity contribution in [1.82, 2.24) is 9.97 Å². The average Bonchev–Trinajstić information content (AvgIpc) is 3.34. The van der Waals surface area contributed by atoms with Gasteiger partial charge in [-0.05, 0) is 85.1 Å². The van der Waals surface area contributed by atoms with Crippen LogP contribution >= 0.6 is 11.3 Å². The van der Waals surface area contributed by atoms with E-state index < -0.39 is 10.0 Å². The summed E-state index contributed by atoms with van der Waals surface area (Å²) in [7, 11) is -2.28. The molecule has 2 heterocycles. The highest BCUT2D eigenvalue weighted by Crippen LogP contribution is 2.33. The van der Waals surface area contributed by atoms with Crippen LogP contribution in [0.2, 0.25) is 0 Å². The molecule has 0 aliphatic heterocycles. The number of para-hydroxylation sites is 1. The van der Waals surface area contributed by atoms with Gasteiger partial charge in [0.15, 0.2) is 5.13 Å². The summed E-state index contributed by atoms with van der Waals surface area (Å²) in [6, 6.07) is 22.7. The van der Waals surface area contributed by atoms with Crippen LogP contribution in [0.5, 0.6) is 0 Å². The van der Waals surface area contributed by atoms with Crippen LogP contribution in [0, 0.1) is 13.8 Å². The molecule has 5 rings (SSSR count). The van der Waals surface area contributed by atoms with Gasteiger partial charge in [-0.1, -0.05) is 35.6 Å². The quantitative estimate of drug-likeness (QED) is 0.253. The summed E-state index contributed by atoms with van der Waals surface area (Å²) < 4.78 is 28.6. The van der Waals surface area contributed by atoms with Crippen molar-refractivity contribution in [3.63, 3.8) is 0 Å². The number of hydrogen-bond acceptors (Lipinski definition) is 6. The molecule has 0 spiro atoms. The van der Waals surface area contributed by atoms with Gasteiger partial charge >= 0.3 is 0 Å². The predicted molar refractivity (Wildman–Crippen MR) is 152 cm³/mol. The lowest BCUT2D eigenvalue weighted by atomic mass is 10.1. The lowest BCUT2D eigenvalue weighted by Crippen LogP contribution is -2.30. The van der Waals surface area contributed by atoms with Crippen LogP contribution in [-0.4, -0.2) is 31.3 Å². The predicted octanol–water partition coefficient (Wildman–Crippen LogP) is 5.98. The van der Waals surface area contributed by atoms with Crippen molar-refractivity contribution in [2.75, 3.05) is 16.3 Å². The van der Waals surface area contributed by atoms with Crippen molar-refractivity contribution in [2.24, 2.45) is 0 Å². The SMILES string of the molecule is Cc1cc2nc(N(Cc3cccnc3)C(=O)c3ccc(S(=O)(=O)N(C)c4ccccc4)cc3)sc2cc1C. The number of rotatable bonds is 7. The van der Waals surface area contributed by atoms with E-state index in [0.29, 0.717) is 16.4 Å². The van der Waals surface area contributed by atoms with Gasteiger partial charge in [0.05, 0.1) is 27.3 Å². The zero-order valence-corrected chi connectivity index (χ0v) is 22.8. The standard InChI is InChI=1S/C29H26N4O3S2/c1-20-16-26-27(17-21(20)2)37-29(31-26)33(19-22-8-7-15-30-18-22)28(34)23-11-13-25(14-12-23)38(35,36)32(3)24-9-5-4-6-10-24/h4-18H,19H2,1-3H3. The number of anilines is 2. The summed E-state index contributed by atoms with van der Waals surface area (Å²) in [6.45, 7) is 4.37. The number of carbonyl (C=O) groups is 1. The summed E-state index contributed by atoms with van der Waals surface area (Å²) >= 11 is 1.45. The normalized spacial score (nSPS) is 11.4. The Balaban J connectivity index is 1.48. The first-order chi connectivity index (χ1) is 18.2. The fourth-order valence-corrected chi connectivity index (χ4v) is 6.28. The van der Waals surface area contributed by atoms with E-state index in [1.165, 1.54) is 34.8 Å². The van der Waals surface area contributed by atoms with Gasteiger partial charge in [-0.2, -0.15) is 0 Å². The third-order valence-electron chi connectivity index (χ3n) is 6.41. The molecule has 0 saturated heterocycles. The van der Waals surface area contributed by atoms with Gasteiger partial charge in [-0.25, -0.2) is 13.4 Å². The van der Waals surface area contributed by atoms with Crippen molar-refractivity contribution < 1.29 is 13.2 Å². The molecule has 0 N–H and O–H groups in total. The number of carbonyl (C=O) groups excluding carboxylic acids is 1. The fraction of sp³-hybridized carbons (Fsp3) is 0.138. The number of fused-ring (bicyclic) bond motifs is 1. The Kier molecular flexibility index (Phi) is 6.96. The minimum absolute atomic E-state index is 0.102. The summed E-state index contributed by atoms with van der Waals surface area (Å²) in [6.07, 6.45) is 3.40. The molecule has 0 aliphatic rings. The topological polar surface area (TPSA) is 83.5 Å². The number of sulfonamides is 1. The minimum Gasteiger partial charge on any atom is -0.279 e. The number of aromatic nitrogens is 2. The summed E-state index contributed by atoms with van der Waals surface area (Å²) in [5.41, 5.74) is 4.91. The van der Waals surface area contributed by atoms with Crippen LogP contribution in [0.15, 0.2) is 96.2 Å². The molecule has 2 aromatic heterocycles. The van der Waals surface area contributed by atoms with Crippen LogP contribution in [0.1, 0.15) is 27.0 Å². The van der Waals surface area contributed by atoms with Crippen LogP contribution in [-0.2, 0) is 16.6 Å². The third-order valence-corrected chi connectivity index (χ3v) is 9.25. The van der Waals surface area contributed by atoms with Gasteiger partial charge in [-0.3, -0.25) is 19.0 Å². The Hall–Kier alpha value is -4.08. The number of aryl methyl sites for hydroxylation is 2. The molecule has 1 amide bonds. The minimum atomic E-state index is -3.79. The molecule has 9 heteroatoms. The Labute approximate surface area is 226 Å². The van der Waals surface area contributed by atoms with Crippen LogP contribution in [0.25, 0.3) is 10.2 Å². The number of amides is 1. The van der Waals surface area contributed by atoms with E-state index in [0.717, 1.165) is 26.9 Å². The van der Waals surface area contributed by atoms with Gasteiger partial charge in [0.1, 0.15) is 0 Å². The lowest BCUT2D eigenvalue weighted by molar-refractivity contribution is 0.0985. The average molecular weight is 543 g/mol. The highest BCUT2D eigenvalue weighted by Gasteiger charge is 2.25. The van der Waals surface area contributed by atoms with Gasteiger partial charge in [0, 0.05) is 25.0 Å². The molecule has 38 heavy (non-hydrogen) atoms. The van der Waals surface area contributed by atoms with Crippen LogP contribution < -0.4 is 9.21 Å². The zero-order valence-electron chi connectivity index (χ0n) is 21.2. The van der Waals surface area contributed by atoms with E-state index in [2.05, 4.69) is 18.0 Å². The Bertz CT molecular complexity index is 1660. The van der Waals surface area contributed by atoms with Crippen molar-refractivity contribution in [3.8, 4) is 0 Å². The first kappa shape index (κ1) is 25.6. The van der Waals surface area contributed by atoms with E-state index in [1.54, 1.807) is 53.7 Å². The molecule has 192 valence electrons. The van der Waals surface area contributed by atoms with E-state index in [4.69, 9.17) is 4.98 Å². The smallest absolute Gasteiger partial charge is 0.264 e. The molecule has 0 bridgehead atoms. The first-order valence-electron chi connectivity index (χ1n) is 12.0. The molecule has 7 nitrogen and oxygen atoms in total. The second kappa shape index (κ2) is 10.4. The Morgan fingerprint density at radius 1 is 0.921 bits per heavy atom. The molecule has 0 fully saturated rings. The second-order valence-electron chi connectivity index (χ2n) is 8.99. The van der Waals surface area contributed by atoms with Crippen molar-refractivity contribution in [1.29, 1.82) is 0 Å². The summed E-state index contributed by atoms with van der Waals surface area (Å²) in [4.78, 5) is 24.5. The van der Waals surface area contributed by atoms with Gasteiger partial charge in [0.2, 0.25) is 0 Å². The number of nitrogens with zero attached hydrogens (tertiary/aromatic N) is 4. The van der Waals surface area contributed by atoms with E-state index in [-0.39, 0.29) is 17.3 Å². The monoisotopic (exact) mass is 542 g/mol. The second-order valence-corrected chi connectivity index (χ2v) is 12.0. The molecule has 3 aromatic carbocycles. The number of pyridine rings is 1. The molecular formula is C29H26N4O3S2. The molecule has 0 aliphatic carbocycles. The van der Waals surface area contributed by atoms with Crippen LogP contribution in [0.3, 0.4) is 0 Å². The van der Waals surface area contributed by atoms with Crippen molar-refractivity contribution in [2.45, 2.75) is 25.3 Å². The van der Waals surface area contributed by atoms with E-state index in [1.807, 2.05) is 31.2 Å². The van der Waals surface area contributed by atoms with Crippen molar-refractivity contribution in [3.05, 3.63) is 114 Å². The molecular weight excluding hydrogens is 516 g/mol. The Morgan fingerprint density at radius 3 is 2.32 bits per heavy atom. The largest absolute Gasteiger partial charge is 0.279 e. The highest BCUT2D eigenvalue weighted by molar-refractivity contribution is 7.92. The number of hydrogen-bond donors (Lipinski definition) is 0. The first-order valence-corrected chi connectivity index (χ1v) is 14.2. The maximum absolute atomic E-state index is 13.8. The third kappa shape index (κ3) is 5.03. The summed E-state index contributed by atoms with van der Waals surface area (Å²) in [5, 5.41) is 0.569. The molecule has 0 radical (unpaired) electrons. The molecule has 0 saturated carbocycles. The van der Waals surface area contributed by atoms with Crippen molar-refractivity contribution >= 4 is 48.3 Å². The maximum Gasteiger partial charge on any atom is 0.264 e. The highest BCUT2D eigenvalue weighted by atomic mass is 32.2. The van der Waals surface area contributed by atoms with E-state index >= 15 is 0 Å². The molecule has 0 atom stereocenters. The maximum atomic E-state index is 13.8. The Morgan fingerprint density at radius 2 is 1.63 bits per heavy atom. The summed E-state index contributed by atoms with van der Waals surface area (Å²) in [5.74, 6) is -0.276. The van der Waals surface area contributed by atoms with E-state index in [9.17, 15) is 13.2 Å². The fourth-order valence-electron chi connectivity index (χ4n) is 4.04. The van der Waals surface area contributed by atoms with Gasteiger partial charge < -0.3 is 0 Å². The van der Waals surface area contributed by atoms with Gasteiger partial charge in [0.25, 0.3) is 15.9 Å². The molecule has 5 aromatic rings.